The lowest BCUT2D eigenvalue weighted by molar-refractivity contribution is 0.412. The number of benzene rings is 1. The number of aromatic nitrogens is 2. The van der Waals surface area contributed by atoms with Crippen LogP contribution in [0.15, 0.2) is 32.3 Å². The average Bonchev–Trinajstić information content (AvgIpc) is 2.91. The Kier molecular flexibility index (Phi) is 4.95. The second kappa shape index (κ2) is 6.37. The Morgan fingerprint density at radius 3 is 2.62 bits per heavy atom. The van der Waals surface area contributed by atoms with Gasteiger partial charge < -0.3 is 9.72 Å². The number of aryl methyl sites for hydroxylation is 1. The van der Waals surface area contributed by atoms with Gasteiger partial charge in [0.1, 0.15) is 11.6 Å². The van der Waals surface area contributed by atoms with Crippen molar-refractivity contribution in [2.75, 3.05) is 11.8 Å². The van der Waals surface area contributed by atoms with Crippen LogP contribution in [0.3, 0.4) is 0 Å². The number of sulfonamides is 1. The molecule has 0 aliphatic carbocycles. The largest absolute Gasteiger partial charge is 0.495 e. The first kappa shape index (κ1) is 16.3. The van der Waals surface area contributed by atoms with Gasteiger partial charge in [-0.3, -0.25) is 4.72 Å². The first-order valence-corrected chi connectivity index (χ1v) is 9.04. The van der Waals surface area contributed by atoms with Gasteiger partial charge in [-0.2, -0.15) is 8.42 Å². The van der Waals surface area contributed by atoms with Crippen molar-refractivity contribution in [2.45, 2.75) is 18.4 Å². The Morgan fingerprint density at radius 1 is 1.33 bits per heavy atom. The lowest BCUT2D eigenvalue weighted by Crippen LogP contribution is -2.14. The van der Waals surface area contributed by atoms with Crippen LogP contribution in [0.2, 0.25) is 0 Å². The summed E-state index contributed by atoms with van der Waals surface area (Å²) in [5.74, 6) is 1.14. The average molecular weight is 439 g/mol. The maximum atomic E-state index is 12.3. The lowest BCUT2D eigenvalue weighted by Gasteiger charge is -2.11. The van der Waals surface area contributed by atoms with Gasteiger partial charge in [-0.1, -0.05) is 6.92 Å². The smallest absolute Gasteiger partial charge is 0.279 e. The molecule has 2 aromatic rings. The highest BCUT2D eigenvalue weighted by molar-refractivity contribution is 9.11. The van der Waals surface area contributed by atoms with Crippen LogP contribution in [0.1, 0.15) is 12.7 Å². The first-order chi connectivity index (χ1) is 9.87. The van der Waals surface area contributed by atoms with Crippen LogP contribution in [0.5, 0.6) is 5.75 Å². The molecule has 1 heterocycles. The highest BCUT2D eigenvalue weighted by Crippen LogP contribution is 2.35. The Morgan fingerprint density at radius 2 is 2.05 bits per heavy atom. The Balaban J connectivity index is 2.36. The zero-order chi connectivity index (χ0) is 15.6. The fourth-order valence-electron chi connectivity index (χ4n) is 1.62. The Labute approximate surface area is 139 Å². The number of anilines is 1. The number of halogens is 2. The van der Waals surface area contributed by atoms with E-state index in [1.807, 2.05) is 6.92 Å². The lowest BCUT2D eigenvalue weighted by atomic mass is 10.3. The van der Waals surface area contributed by atoms with Crippen LogP contribution in [-0.4, -0.2) is 25.5 Å². The van der Waals surface area contributed by atoms with E-state index in [1.165, 1.54) is 13.3 Å². The molecule has 1 aromatic heterocycles. The van der Waals surface area contributed by atoms with Gasteiger partial charge in [0, 0.05) is 17.0 Å². The van der Waals surface area contributed by atoms with E-state index in [2.05, 4.69) is 46.5 Å². The third-order valence-electron chi connectivity index (χ3n) is 2.72. The molecule has 21 heavy (non-hydrogen) atoms. The highest BCUT2D eigenvalue weighted by atomic mass is 79.9. The topological polar surface area (TPSA) is 84.1 Å². The van der Waals surface area contributed by atoms with Crippen molar-refractivity contribution in [3.05, 3.63) is 33.1 Å². The predicted octanol–water partition coefficient (Wildman–Crippen LogP) is 3.31. The number of H-pyrrole nitrogens is 1. The van der Waals surface area contributed by atoms with E-state index in [-0.39, 0.29) is 5.03 Å². The first-order valence-electron chi connectivity index (χ1n) is 5.97. The van der Waals surface area contributed by atoms with Gasteiger partial charge in [0.25, 0.3) is 10.0 Å². The quantitative estimate of drug-likeness (QED) is 0.749. The van der Waals surface area contributed by atoms with Gasteiger partial charge in [-0.05, 0) is 37.9 Å². The number of nitrogens with zero attached hydrogens (tertiary/aromatic N) is 1. The van der Waals surface area contributed by atoms with Gasteiger partial charge >= 0.3 is 0 Å². The van der Waals surface area contributed by atoms with Crippen LogP contribution < -0.4 is 9.46 Å². The SMILES string of the molecule is CCc1ncc(S(=O)(=O)Nc2cc(OC)c(Br)cc2Br)[nH]1. The van der Waals surface area contributed by atoms with Crippen molar-refractivity contribution < 1.29 is 13.2 Å². The second-order valence-corrected chi connectivity index (χ2v) is 7.48. The van der Waals surface area contributed by atoms with Crippen molar-refractivity contribution in [2.24, 2.45) is 0 Å². The Hall–Kier alpha value is -1.06. The van der Waals surface area contributed by atoms with E-state index < -0.39 is 10.0 Å². The summed E-state index contributed by atoms with van der Waals surface area (Å²) in [4.78, 5) is 6.76. The van der Waals surface area contributed by atoms with Crippen molar-refractivity contribution >= 4 is 47.6 Å². The molecule has 2 N–H and O–H groups in total. The summed E-state index contributed by atoms with van der Waals surface area (Å²) in [5, 5.41) is 0.0214. The molecular weight excluding hydrogens is 426 g/mol. The fraction of sp³-hybridized carbons (Fsp3) is 0.250. The summed E-state index contributed by atoms with van der Waals surface area (Å²) in [7, 11) is -2.22. The number of ether oxygens (including phenoxy) is 1. The normalized spacial score (nSPS) is 11.4. The molecule has 0 aliphatic heterocycles. The number of imidazole rings is 1. The molecule has 0 fully saturated rings. The summed E-state index contributed by atoms with van der Waals surface area (Å²) in [6.07, 6.45) is 1.93. The summed E-state index contributed by atoms with van der Waals surface area (Å²) < 4.78 is 33.6. The van der Waals surface area contributed by atoms with Gasteiger partial charge in [0.2, 0.25) is 0 Å². The molecule has 2 rings (SSSR count). The third-order valence-corrected chi connectivity index (χ3v) is 5.27. The summed E-state index contributed by atoms with van der Waals surface area (Å²) in [6, 6.07) is 3.30. The standard InChI is InChI=1S/C12H13Br2N3O3S/c1-3-11-15-6-12(16-11)21(18,19)17-9-5-10(20-2)8(14)4-7(9)13/h4-6,17H,3H2,1-2H3,(H,15,16). The number of nitrogens with one attached hydrogen (secondary N) is 2. The predicted molar refractivity (Wildman–Crippen MR) is 87.2 cm³/mol. The van der Waals surface area contributed by atoms with Gasteiger partial charge in [-0.25, -0.2) is 4.98 Å². The molecule has 6 nitrogen and oxygen atoms in total. The fourth-order valence-corrected chi connectivity index (χ4v) is 4.02. The van der Waals surface area contributed by atoms with E-state index in [9.17, 15) is 8.42 Å². The molecule has 0 saturated heterocycles. The number of rotatable bonds is 5. The summed E-state index contributed by atoms with van der Waals surface area (Å²) in [6.45, 7) is 1.89. The van der Waals surface area contributed by atoms with E-state index in [0.717, 1.165) is 4.47 Å². The second-order valence-electron chi connectivity index (χ2n) is 4.12. The molecule has 0 radical (unpaired) electrons. The van der Waals surface area contributed by atoms with Crippen LogP contribution in [0.4, 0.5) is 5.69 Å². The van der Waals surface area contributed by atoms with Crippen molar-refractivity contribution in [3.63, 3.8) is 0 Å². The van der Waals surface area contributed by atoms with Crippen LogP contribution >= 0.6 is 31.9 Å². The monoisotopic (exact) mass is 437 g/mol. The molecule has 0 aliphatic rings. The minimum absolute atomic E-state index is 0.0214. The maximum Gasteiger partial charge on any atom is 0.279 e. The molecule has 114 valence electrons. The molecule has 9 heteroatoms. The van der Waals surface area contributed by atoms with Gasteiger partial charge in [0.15, 0.2) is 5.03 Å². The molecule has 0 bridgehead atoms. The number of aromatic amines is 1. The van der Waals surface area contributed by atoms with Crippen molar-refractivity contribution in [3.8, 4) is 5.75 Å². The van der Waals surface area contributed by atoms with Crippen LogP contribution in [-0.2, 0) is 16.4 Å². The summed E-state index contributed by atoms with van der Waals surface area (Å²) in [5.41, 5.74) is 0.377. The highest BCUT2D eigenvalue weighted by Gasteiger charge is 2.19. The molecule has 0 amide bonds. The molecule has 0 saturated carbocycles. The minimum atomic E-state index is -3.73. The molecule has 0 spiro atoms. The Bertz CT molecular complexity index is 759. The van der Waals surface area contributed by atoms with Gasteiger partial charge in [0.05, 0.1) is 23.5 Å². The molecule has 0 atom stereocenters. The third kappa shape index (κ3) is 3.58. The number of hydrogen-bond acceptors (Lipinski definition) is 4. The van der Waals surface area contributed by atoms with E-state index in [4.69, 9.17) is 4.74 Å². The van der Waals surface area contributed by atoms with Crippen molar-refractivity contribution in [1.29, 1.82) is 0 Å². The molecule has 0 unspecified atom stereocenters. The zero-order valence-electron chi connectivity index (χ0n) is 11.3. The van der Waals surface area contributed by atoms with E-state index >= 15 is 0 Å². The van der Waals surface area contributed by atoms with E-state index in [0.29, 0.717) is 28.2 Å². The maximum absolute atomic E-state index is 12.3. The molecule has 1 aromatic carbocycles. The zero-order valence-corrected chi connectivity index (χ0v) is 15.3. The number of methoxy groups -OCH3 is 1. The minimum Gasteiger partial charge on any atom is -0.495 e. The van der Waals surface area contributed by atoms with Gasteiger partial charge in [-0.15, -0.1) is 0 Å². The van der Waals surface area contributed by atoms with Crippen LogP contribution in [0, 0.1) is 0 Å². The molecular formula is C12H13Br2N3O3S. The summed E-state index contributed by atoms with van der Waals surface area (Å²) >= 11 is 6.65. The van der Waals surface area contributed by atoms with Crippen LogP contribution in [0.25, 0.3) is 0 Å². The van der Waals surface area contributed by atoms with Crippen molar-refractivity contribution in [1.82, 2.24) is 9.97 Å². The van der Waals surface area contributed by atoms with E-state index in [1.54, 1.807) is 12.1 Å². The number of hydrogen-bond donors (Lipinski definition) is 2.